The summed E-state index contributed by atoms with van der Waals surface area (Å²) in [5, 5.41) is 6.97. The molecule has 3 aromatic rings. The molecular formula is C23H27N5O3S. The SMILES string of the molecule is Cc1cccc(N2CCN(S(=O)(=O)CC(=O)NCc3ccccc3-n3cccn3)CC2)c1. The van der Waals surface area contributed by atoms with Crippen LogP contribution in [0.2, 0.25) is 0 Å². The largest absolute Gasteiger partial charge is 0.369 e. The molecule has 9 heteroatoms. The summed E-state index contributed by atoms with van der Waals surface area (Å²) in [4.78, 5) is 14.6. The number of carbonyl (C=O) groups is 1. The molecule has 2 heterocycles. The minimum absolute atomic E-state index is 0.228. The molecule has 1 fully saturated rings. The van der Waals surface area contributed by atoms with Crippen molar-refractivity contribution in [1.29, 1.82) is 0 Å². The summed E-state index contributed by atoms with van der Waals surface area (Å²) >= 11 is 0. The first-order chi connectivity index (χ1) is 15.4. The third-order valence-corrected chi connectivity index (χ3v) is 7.31. The van der Waals surface area contributed by atoms with Crippen LogP contribution in [0, 0.1) is 6.92 Å². The van der Waals surface area contributed by atoms with Gasteiger partial charge < -0.3 is 10.2 Å². The molecule has 1 amide bonds. The summed E-state index contributed by atoms with van der Waals surface area (Å²) in [5.41, 5.74) is 3.96. The van der Waals surface area contributed by atoms with Gasteiger partial charge in [0.05, 0.1) is 5.69 Å². The zero-order valence-corrected chi connectivity index (χ0v) is 18.8. The van der Waals surface area contributed by atoms with Crippen molar-refractivity contribution in [3.05, 3.63) is 78.1 Å². The Morgan fingerprint density at radius 3 is 2.53 bits per heavy atom. The molecule has 0 aliphatic carbocycles. The topological polar surface area (TPSA) is 87.5 Å². The third kappa shape index (κ3) is 5.17. The monoisotopic (exact) mass is 453 g/mol. The van der Waals surface area contributed by atoms with Gasteiger partial charge in [0.1, 0.15) is 5.75 Å². The third-order valence-electron chi connectivity index (χ3n) is 5.53. The lowest BCUT2D eigenvalue weighted by Gasteiger charge is -2.35. The molecule has 1 saturated heterocycles. The van der Waals surface area contributed by atoms with E-state index in [9.17, 15) is 13.2 Å². The molecule has 1 aromatic heterocycles. The second kappa shape index (κ2) is 9.54. The molecule has 32 heavy (non-hydrogen) atoms. The number of piperazine rings is 1. The Labute approximate surface area is 188 Å². The summed E-state index contributed by atoms with van der Waals surface area (Å²) in [6, 6.07) is 17.5. The van der Waals surface area contributed by atoms with Crippen LogP contribution < -0.4 is 10.2 Å². The average Bonchev–Trinajstić information content (AvgIpc) is 3.32. The number of anilines is 1. The molecule has 0 unspecified atom stereocenters. The van der Waals surface area contributed by atoms with Crippen molar-refractivity contribution in [2.75, 3.05) is 36.8 Å². The van der Waals surface area contributed by atoms with Crippen molar-refractivity contribution < 1.29 is 13.2 Å². The van der Waals surface area contributed by atoms with Crippen LogP contribution in [0.15, 0.2) is 67.0 Å². The van der Waals surface area contributed by atoms with E-state index in [1.165, 1.54) is 9.87 Å². The highest BCUT2D eigenvalue weighted by molar-refractivity contribution is 7.89. The molecule has 8 nitrogen and oxygen atoms in total. The van der Waals surface area contributed by atoms with E-state index < -0.39 is 21.7 Å². The minimum atomic E-state index is -3.68. The van der Waals surface area contributed by atoms with Crippen LogP contribution in [0.4, 0.5) is 5.69 Å². The number of hydrogen-bond acceptors (Lipinski definition) is 5. The van der Waals surface area contributed by atoms with Gasteiger partial charge in [-0.2, -0.15) is 9.40 Å². The molecule has 1 aliphatic heterocycles. The lowest BCUT2D eigenvalue weighted by molar-refractivity contribution is -0.118. The molecule has 2 aromatic carbocycles. The van der Waals surface area contributed by atoms with E-state index in [1.807, 2.05) is 61.7 Å². The molecule has 1 N–H and O–H groups in total. The Morgan fingerprint density at radius 1 is 1.03 bits per heavy atom. The quantitative estimate of drug-likeness (QED) is 0.591. The van der Waals surface area contributed by atoms with Crippen LogP contribution >= 0.6 is 0 Å². The van der Waals surface area contributed by atoms with Gasteiger partial charge in [-0.1, -0.05) is 30.3 Å². The first-order valence-corrected chi connectivity index (χ1v) is 12.2. The Balaban J connectivity index is 1.32. The van der Waals surface area contributed by atoms with E-state index in [1.54, 1.807) is 10.9 Å². The number of para-hydroxylation sites is 1. The summed E-state index contributed by atoms with van der Waals surface area (Å²) in [6.45, 7) is 4.20. The van der Waals surface area contributed by atoms with Gasteiger partial charge in [0, 0.05) is 50.8 Å². The van der Waals surface area contributed by atoms with Crippen molar-refractivity contribution in [3.63, 3.8) is 0 Å². The fourth-order valence-corrected chi connectivity index (χ4v) is 5.18. The van der Waals surface area contributed by atoms with E-state index >= 15 is 0 Å². The van der Waals surface area contributed by atoms with Gasteiger partial charge >= 0.3 is 0 Å². The first kappa shape index (κ1) is 22.0. The van der Waals surface area contributed by atoms with E-state index in [-0.39, 0.29) is 6.54 Å². The van der Waals surface area contributed by atoms with Crippen LogP contribution in [0.25, 0.3) is 5.69 Å². The van der Waals surface area contributed by atoms with Gasteiger partial charge in [-0.3, -0.25) is 4.79 Å². The van der Waals surface area contributed by atoms with Crippen LogP contribution in [-0.4, -0.2) is 60.3 Å². The molecule has 0 spiro atoms. The van der Waals surface area contributed by atoms with E-state index in [0.717, 1.165) is 16.9 Å². The van der Waals surface area contributed by atoms with Gasteiger partial charge in [-0.15, -0.1) is 0 Å². The summed E-state index contributed by atoms with van der Waals surface area (Å²) in [5.74, 6) is -1.07. The number of sulfonamides is 1. The predicted octanol–water partition coefficient (Wildman–Crippen LogP) is 1.95. The number of nitrogens with one attached hydrogen (secondary N) is 1. The molecule has 168 valence electrons. The highest BCUT2D eigenvalue weighted by Crippen LogP contribution is 2.19. The zero-order valence-electron chi connectivity index (χ0n) is 18.0. The van der Waals surface area contributed by atoms with Crippen LogP contribution in [0.5, 0.6) is 0 Å². The van der Waals surface area contributed by atoms with Crippen molar-refractivity contribution in [3.8, 4) is 5.69 Å². The normalized spacial score (nSPS) is 15.0. The molecular weight excluding hydrogens is 426 g/mol. The van der Waals surface area contributed by atoms with Crippen molar-refractivity contribution >= 4 is 21.6 Å². The number of carbonyl (C=O) groups excluding carboxylic acids is 1. The van der Waals surface area contributed by atoms with Gasteiger partial charge in [0.25, 0.3) is 0 Å². The number of benzene rings is 2. The fourth-order valence-electron chi connectivity index (χ4n) is 3.85. The van der Waals surface area contributed by atoms with Gasteiger partial charge in [-0.25, -0.2) is 13.1 Å². The number of rotatable bonds is 7. The Hall–Kier alpha value is -3.17. The summed E-state index contributed by atoms with van der Waals surface area (Å²) < 4.78 is 28.7. The Morgan fingerprint density at radius 2 is 1.81 bits per heavy atom. The van der Waals surface area contributed by atoms with Gasteiger partial charge in [-0.05, 0) is 42.3 Å². The van der Waals surface area contributed by atoms with Crippen molar-refractivity contribution in [2.24, 2.45) is 0 Å². The number of hydrogen-bond donors (Lipinski definition) is 1. The van der Waals surface area contributed by atoms with Crippen molar-refractivity contribution in [1.82, 2.24) is 19.4 Å². The second-order valence-electron chi connectivity index (χ2n) is 7.84. The van der Waals surface area contributed by atoms with Crippen LogP contribution in [0.1, 0.15) is 11.1 Å². The molecule has 4 rings (SSSR count). The Bertz CT molecular complexity index is 1170. The maximum absolute atomic E-state index is 12.8. The smallest absolute Gasteiger partial charge is 0.236 e. The highest BCUT2D eigenvalue weighted by atomic mass is 32.2. The summed E-state index contributed by atoms with van der Waals surface area (Å²) in [6.07, 6.45) is 3.50. The van der Waals surface area contributed by atoms with Crippen LogP contribution in [-0.2, 0) is 21.4 Å². The van der Waals surface area contributed by atoms with Crippen LogP contribution in [0.3, 0.4) is 0 Å². The van der Waals surface area contributed by atoms with Gasteiger partial charge in [0.2, 0.25) is 15.9 Å². The second-order valence-corrected chi connectivity index (χ2v) is 9.81. The highest BCUT2D eigenvalue weighted by Gasteiger charge is 2.29. The maximum atomic E-state index is 12.8. The molecule has 1 aliphatic rings. The standard InChI is InChI=1S/C23H27N5O3S/c1-19-6-4-8-21(16-19)26-12-14-27(15-13-26)32(30,31)18-23(29)24-17-20-7-2-3-9-22(20)28-11-5-10-25-28/h2-11,16H,12-15,17-18H2,1H3,(H,24,29). The fraction of sp³-hybridized carbons (Fsp3) is 0.304. The number of amides is 1. The molecule has 0 radical (unpaired) electrons. The number of aryl methyl sites for hydroxylation is 1. The first-order valence-electron chi connectivity index (χ1n) is 10.6. The predicted molar refractivity (Wildman–Crippen MR) is 124 cm³/mol. The molecule has 0 bridgehead atoms. The van der Waals surface area contributed by atoms with Gasteiger partial charge in [0.15, 0.2) is 0 Å². The lowest BCUT2D eigenvalue weighted by atomic mass is 10.2. The Kier molecular flexibility index (Phi) is 6.57. The van der Waals surface area contributed by atoms with E-state index in [2.05, 4.69) is 21.4 Å². The van der Waals surface area contributed by atoms with E-state index in [0.29, 0.717) is 26.2 Å². The zero-order chi connectivity index (χ0) is 22.6. The average molecular weight is 454 g/mol. The summed E-state index contributed by atoms with van der Waals surface area (Å²) in [7, 11) is -3.68. The number of nitrogens with zero attached hydrogens (tertiary/aromatic N) is 4. The van der Waals surface area contributed by atoms with E-state index in [4.69, 9.17) is 0 Å². The lowest BCUT2D eigenvalue weighted by Crippen LogP contribution is -2.50. The molecule has 0 saturated carbocycles. The van der Waals surface area contributed by atoms with Crippen molar-refractivity contribution in [2.45, 2.75) is 13.5 Å². The molecule has 0 atom stereocenters. The minimum Gasteiger partial charge on any atom is -0.369 e. The maximum Gasteiger partial charge on any atom is 0.236 e. The number of aromatic nitrogens is 2.